The van der Waals surface area contributed by atoms with Crippen molar-refractivity contribution >= 4 is 21.7 Å². The molecule has 1 aliphatic heterocycles. The van der Waals surface area contributed by atoms with Crippen molar-refractivity contribution in [2.75, 3.05) is 5.32 Å². The summed E-state index contributed by atoms with van der Waals surface area (Å²) in [5.41, 5.74) is 1.52. The predicted octanol–water partition coefficient (Wildman–Crippen LogP) is 2.39. The lowest BCUT2D eigenvalue weighted by Crippen LogP contribution is -2.41. The summed E-state index contributed by atoms with van der Waals surface area (Å²) in [7, 11) is -3.51. The van der Waals surface area contributed by atoms with Crippen molar-refractivity contribution < 1.29 is 8.42 Å². The van der Waals surface area contributed by atoms with Crippen LogP contribution in [0.4, 0.5) is 5.69 Å². The maximum atomic E-state index is 12.2. The molecule has 1 aromatic rings. The largest absolute Gasteiger partial charge is 0.324 e. The van der Waals surface area contributed by atoms with Crippen LogP contribution in [-0.2, 0) is 10.0 Å². The lowest BCUT2D eigenvalue weighted by Gasteiger charge is -2.24. The molecule has 0 spiro atoms. The SMILES string of the molecule is Cc1ccc2c(c1)S(=O)(=O)NC(=NC1CCCCC1)N2. The molecular formula is C14H19N3O2S. The third-order valence-corrected chi connectivity index (χ3v) is 5.18. The second-order valence-electron chi connectivity index (χ2n) is 5.50. The molecule has 0 atom stereocenters. The van der Waals surface area contributed by atoms with Crippen molar-refractivity contribution in [2.24, 2.45) is 4.99 Å². The topological polar surface area (TPSA) is 70.6 Å². The highest BCUT2D eigenvalue weighted by Gasteiger charge is 2.27. The number of nitrogens with one attached hydrogen (secondary N) is 2. The summed E-state index contributed by atoms with van der Waals surface area (Å²) in [4.78, 5) is 4.82. The van der Waals surface area contributed by atoms with E-state index in [0.29, 0.717) is 16.5 Å². The van der Waals surface area contributed by atoms with E-state index in [-0.39, 0.29) is 6.04 Å². The summed E-state index contributed by atoms with van der Waals surface area (Å²) in [6.45, 7) is 1.88. The first-order valence-electron chi connectivity index (χ1n) is 7.03. The van der Waals surface area contributed by atoms with Gasteiger partial charge in [0.25, 0.3) is 10.0 Å². The Bertz CT molecular complexity index is 646. The van der Waals surface area contributed by atoms with Crippen molar-refractivity contribution in [1.82, 2.24) is 4.72 Å². The number of rotatable bonds is 1. The van der Waals surface area contributed by atoms with Gasteiger partial charge in [-0.3, -0.25) is 0 Å². The van der Waals surface area contributed by atoms with E-state index in [9.17, 15) is 8.42 Å². The van der Waals surface area contributed by atoms with Crippen molar-refractivity contribution in [2.45, 2.75) is 50.0 Å². The average Bonchev–Trinajstić information content (AvgIpc) is 2.40. The van der Waals surface area contributed by atoms with Crippen LogP contribution in [0.25, 0.3) is 0 Å². The fraction of sp³-hybridized carbons (Fsp3) is 0.500. The van der Waals surface area contributed by atoms with Gasteiger partial charge in [0.1, 0.15) is 4.90 Å². The Morgan fingerprint density at radius 1 is 1.20 bits per heavy atom. The molecule has 5 nitrogen and oxygen atoms in total. The van der Waals surface area contributed by atoms with Gasteiger partial charge >= 0.3 is 0 Å². The summed E-state index contributed by atoms with van der Waals surface area (Å²) in [5.74, 6) is 0.355. The van der Waals surface area contributed by atoms with Gasteiger partial charge in [0, 0.05) is 0 Å². The Kier molecular flexibility index (Phi) is 3.41. The van der Waals surface area contributed by atoms with Crippen molar-refractivity contribution in [1.29, 1.82) is 0 Å². The molecule has 0 saturated heterocycles. The molecule has 0 amide bonds. The quantitative estimate of drug-likeness (QED) is 0.835. The van der Waals surface area contributed by atoms with E-state index in [1.165, 1.54) is 19.3 Å². The number of guanidine groups is 1. The van der Waals surface area contributed by atoms with E-state index in [1.807, 2.05) is 13.0 Å². The number of aryl methyl sites for hydroxylation is 1. The normalized spacial score (nSPS) is 23.8. The maximum absolute atomic E-state index is 12.2. The van der Waals surface area contributed by atoms with Gasteiger partial charge in [-0.1, -0.05) is 25.3 Å². The Morgan fingerprint density at radius 3 is 2.70 bits per heavy atom. The van der Waals surface area contributed by atoms with Crippen LogP contribution in [-0.4, -0.2) is 20.4 Å². The molecule has 0 unspecified atom stereocenters. The molecule has 1 fully saturated rings. The Hall–Kier alpha value is -1.56. The lowest BCUT2D eigenvalue weighted by atomic mass is 9.96. The Morgan fingerprint density at radius 2 is 1.95 bits per heavy atom. The first-order valence-corrected chi connectivity index (χ1v) is 8.51. The molecule has 108 valence electrons. The number of aliphatic imine (C=N–C) groups is 1. The number of hydrogen-bond acceptors (Lipinski definition) is 3. The maximum Gasteiger partial charge on any atom is 0.266 e. The van der Waals surface area contributed by atoms with E-state index in [1.54, 1.807) is 12.1 Å². The van der Waals surface area contributed by atoms with Gasteiger partial charge in [0.05, 0.1) is 11.7 Å². The number of nitrogens with zero attached hydrogens (tertiary/aromatic N) is 1. The molecule has 1 aliphatic carbocycles. The minimum atomic E-state index is -3.51. The molecule has 1 heterocycles. The van der Waals surface area contributed by atoms with Crippen molar-refractivity contribution in [3.05, 3.63) is 23.8 Å². The Balaban J connectivity index is 1.91. The summed E-state index contributed by atoms with van der Waals surface area (Å²) < 4.78 is 27.0. The summed E-state index contributed by atoms with van der Waals surface area (Å²) in [5, 5.41) is 3.09. The first-order chi connectivity index (χ1) is 9.54. The number of anilines is 1. The first kappa shape index (κ1) is 13.4. The van der Waals surface area contributed by atoms with Crippen LogP contribution >= 0.6 is 0 Å². The molecule has 20 heavy (non-hydrogen) atoms. The zero-order valence-electron chi connectivity index (χ0n) is 11.5. The van der Waals surface area contributed by atoms with E-state index >= 15 is 0 Å². The van der Waals surface area contributed by atoms with Gasteiger partial charge < -0.3 is 5.32 Å². The van der Waals surface area contributed by atoms with Crippen LogP contribution in [0.1, 0.15) is 37.7 Å². The van der Waals surface area contributed by atoms with Crippen LogP contribution in [0.15, 0.2) is 28.1 Å². The zero-order valence-corrected chi connectivity index (χ0v) is 12.3. The molecule has 3 rings (SSSR count). The average molecular weight is 293 g/mol. The number of sulfonamides is 1. The zero-order chi connectivity index (χ0) is 14.2. The molecule has 0 radical (unpaired) electrons. The third-order valence-electron chi connectivity index (χ3n) is 3.80. The molecule has 2 N–H and O–H groups in total. The van der Waals surface area contributed by atoms with E-state index in [2.05, 4.69) is 15.0 Å². The second-order valence-corrected chi connectivity index (χ2v) is 7.15. The van der Waals surface area contributed by atoms with Gasteiger partial charge in [-0.25, -0.2) is 18.1 Å². The summed E-state index contributed by atoms with van der Waals surface area (Å²) in [6, 6.07) is 5.58. The summed E-state index contributed by atoms with van der Waals surface area (Å²) >= 11 is 0. The fourth-order valence-corrected chi connectivity index (χ4v) is 3.96. The molecule has 6 heteroatoms. The lowest BCUT2D eigenvalue weighted by molar-refractivity contribution is 0.443. The van der Waals surface area contributed by atoms with Crippen molar-refractivity contribution in [3.63, 3.8) is 0 Å². The third kappa shape index (κ3) is 2.65. The highest BCUT2D eigenvalue weighted by atomic mass is 32.2. The van der Waals surface area contributed by atoms with Crippen LogP contribution in [0.2, 0.25) is 0 Å². The number of hydrogen-bond donors (Lipinski definition) is 2. The van der Waals surface area contributed by atoms with Gasteiger partial charge in [0.2, 0.25) is 5.96 Å². The molecule has 2 aliphatic rings. The number of fused-ring (bicyclic) bond motifs is 1. The number of benzene rings is 1. The highest BCUT2D eigenvalue weighted by molar-refractivity contribution is 7.90. The summed E-state index contributed by atoms with van der Waals surface area (Å²) in [6.07, 6.45) is 5.66. The minimum Gasteiger partial charge on any atom is -0.324 e. The van der Waals surface area contributed by atoms with Crippen LogP contribution in [0.3, 0.4) is 0 Å². The van der Waals surface area contributed by atoms with Crippen LogP contribution in [0, 0.1) is 6.92 Å². The molecule has 0 aromatic heterocycles. The highest BCUT2D eigenvalue weighted by Crippen LogP contribution is 2.26. The minimum absolute atomic E-state index is 0.223. The molecule has 1 saturated carbocycles. The van der Waals surface area contributed by atoms with Gasteiger partial charge in [-0.15, -0.1) is 0 Å². The second kappa shape index (κ2) is 5.09. The molecule has 1 aromatic carbocycles. The van der Waals surface area contributed by atoms with E-state index < -0.39 is 10.0 Å². The molecular weight excluding hydrogens is 274 g/mol. The van der Waals surface area contributed by atoms with Gasteiger partial charge in [-0.2, -0.15) is 0 Å². The van der Waals surface area contributed by atoms with Gasteiger partial charge in [0.15, 0.2) is 0 Å². The molecule has 0 bridgehead atoms. The Labute approximate surface area is 119 Å². The van der Waals surface area contributed by atoms with E-state index in [0.717, 1.165) is 18.4 Å². The fourth-order valence-electron chi connectivity index (χ4n) is 2.74. The van der Waals surface area contributed by atoms with Crippen LogP contribution in [0.5, 0.6) is 0 Å². The van der Waals surface area contributed by atoms with E-state index in [4.69, 9.17) is 0 Å². The van der Waals surface area contributed by atoms with Gasteiger partial charge in [-0.05, 0) is 37.5 Å². The monoisotopic (exact) mass is 293 g/mol. The predicted molar refractivity (Wildman–Crippen MR) is 79.4 cm³/mol. The smallest absolute Gasteiger partial charge is 0.266 e. The van der Waals surface area contributed by atoms with Crippen LogP contribution < -0.4 is 10.0 Å². The van der Waals surface area contributed by atoms with Crippen molar-refractivity contribution in [3.8, 4) is 0 Å². The standard InChI is InChI=1S/C14H19N3O2S/c1-10-7-8-12-13(9-10)20(18,19)17-14(16-12)15-11-5-3-2-4-6-11/h7-9,11H,2-6H2,1H3,(H2,15,16,17).